The first kappa shape index (κ1) is 23.2. The number of nitrogens with zero attached hydrogens (tertiary/aromatic N) is 3. The van der Waals surface area contributed by atoms with Crippen molar-refractivity contribution in [2.24, 2.45) is 7.05 Å². The first-order chi connectivity index (χ1) is 12.1. The largest absolute Gasteiger partial charge is 1.00 e. The Morgan fingerprint density at radius 3 is 2.48 bits per heavy atom. The van der Waals surface area contributed by atoms with Gasteiger partial charge in [-0.15, -0.1) is 21.1 Å². The quantitative estimate of drug-likeness (QED) is 0.400. The predicted molar refractivity (Wildman–Crippen MR) is 88.3 cm³/mol. The van der Waals surface area contributed by atoms with E-state index in [-0.39, 0.29) is 47.6 Å². The van der Waals surface area contributed by atoms with Gasteiger partial charge in [0.05, 0.1) is 14.2 Å². The maximum atomic E-state index is 12.5. The number of ether oxygens (including phenoxy) is 3. The van der Waals surface area contributed by atoms with E-state index in [1.807, 2.05) is 0 Å². The summed E-state index contributed by atoms with van der Waals surface area (Å²) in [5, 5.41) is 4.83. The summed E-state index contributed by atoms with van der Waals surface area (Å²) in [5.74, 6) is -0.314. The summed E-state index contributed by atoms with van der Waals surface area (Å²) in [6.45, 7) is 1.45. The fourth-order valence-electron chi connectivity index (χ4n) is 1.88. The summed E-state index contributed by atoms with van der Waals surface area (Å²) in [6, 6.07) is -1.52. The van der Waals surface area contributed by atoms with Crippen molar-refractivity contribution < 1.29 is 63.2 Å². The molecule has 0 aromatic carbocycles. The molecule has 0 atom stereocenters. The SMILES string of the molecule is COC(=O)Oc1csc(C)c1S(=O)(=O)NC(=O)n1nc(OC)n(C)c1=O.[H-].[Na+]. The Labute approximate surface area is 180 Å². The topological polar surface area (TPSA) is 148 Å². The van der Waals surface area contributed by atoms with Crippen LogP contribution in [-0.4, -0.2) is 49.2 Å². The summed E-state index contributed by atoms with van der Waals surface area (Å²) < 4.78 is 41.8. The molecule has 15 heteroatoms. The molecule has 2 aromatic heterocycles. The molecule has 0 saturated carbocycles. The minimum Gasteiger partial charge on any atom is -1.00 e. The normalized spacial score (nSPS) is 10.7. The molecule has 1 N–H and O–H groups in total. The van der Waals surface area contributed by atoms with Crippen molar-refractivity contribution in [1.29, 1.82) is 0 Å². The first-order valence-corrected chi connectivity index (χ1v) is 9.09. The van der Waals surface area contributed by atoms with Crippen molar-refractivity contribution in [1.82, 2.24) is 19.1 Å². The van der Waals surface area contributed by atoms with Crippen LogP contribution in [0.4, 0.5) is 9.59 Å². The molecule has 1 amide bonds. The second kappa shape index (κ2) is 8.88. The number of methoxy groups -OCH3 is 2. The third-order valence-electron chi connectivity index (χ3n) is 3.05. The number of carbonyl (C=O) groups excluding carboxylic acids is 2. The minimum atomic E-state index is -4.48. The summed E-state index contributed by atoms with van der Waals surface area (Å²) in [7, 11) is -0.907. The molecule has 2 rings (SSSR count). The van der Waals surface area contributed by atoms with Crippen LogP contribution >= 0.6 is 11.3 Å². The van der Waals surface area contributed by atoms with E-state index in [4.69, 9.17) is 9.47 Å². The van der Waals surface area contributed by atoms with Crippen molar-refractivity contribution in [3.63, 3.8) is 0 Å². The first-order valence-electron chi connectivity index (χ1n) is 6.73. The van der Waals surface area contributed by atoms with Gasteiger partial charge >= 0.3 is 53.4 Å². The van der Waals surface area contributed by atoms with Gasteiger partial charge in [0.1, 0.15) is 4.90 Å². The number of carbonyl (C=O) groups is 2. The molecule has 0 aliphatic rings. The summed E-state index contributed by atoms with van der Waals surface area (Å²) >= 11 is 0.975. The van der Waals surface area contributed by atoms with Crippen molar-refractivity contribution in [3.8, 4) is 11.8 Å². The van der Waals surface area contributed by atoms with E-state index in [0.29, 0.717) is 4.68 Å². The molecular weight excluding hydrogens is 415 g/mol. The van der Waals surface area contributed by atoms with Gasteiger partial charge in [0, 0.05) is 17.3 Å². The van der Waals surface area contributed by atoms with E-state index in [1.165, 1.54) is 26.5 Å². The van der Waals surface area contributed by atoms with E-state index in [0.717, 1.165) is 23.0 Å². The Balaban J connectivity index is 0.00000364. The number of nitrogens with one attached hydrogen (secondary N) is 1. The van der Waals surface area contributed by atoms with Crippen LogP contribution in [0.2, 0.25) is 0 Å². The monoisotopic (exact) mass is 430 g/mol. The minimum absolute atomic E-state index is 0. The molecular formula is C12H15N4NaO8S2. The molecule has 0 spiro atoms. The molecule has 27 heavy (non-hydrogen) atoms. The molecule has 144 valence electrons. The van der Waals surface area contributed by atoms with Crippen LogP contribution in [0.25, 0.3) is 0 Å². The number of hydrogen-bond donors (Lipinski definition) is 1. The third-order valence-corrected chi connectivity index (χ3v) is 5.56. The fourth-order valence-corrected chi connectivity index (χ4v) is 4.25. The van der Waals surface area contributed by atoms with Gasteiger partial charge in [0.15, 0.2) is 5.75 Å². The molecule has 0 saturated heterocycles. The molecule has 0 bridgehead atoms. The van der Waals surface area contributed by atoms with Crippen LogP contribution in [-0.2, 0) is 21.8 Å². The van der Waals surface area contributed by atoms with E-state index in [2.05, 4.69) is 9.84 Å². The van der Waals surface area contributed by atoms with E-state index < -0.39 is 32.8 Å². The molecule has 0 radical (unpaired) electrons. The van der Waals surface area contributed by atoms with Crippen molar-refractivity contribution in [3.05, 3.63) is 20.7 Å². The second-order valence-electron chi connectivity index (χ2n) is 4.69. The van der Waals surface area contributed by atoms with Gasteiger partial charge in [-0.1, -0.05) is 0 Å². The second-order valence-corrected chi connectivity index (χ2v) is 7.40. The predicted octanol–water partition coefficient (Wildman–Crippen LogP) is -2.83. The van der Waals surface area contributed by atoms with Gasteiger partial charge in [-0.05, 0) is 6.92 Å². The number of hydrogen-bond acceptors (Lipinski definition) is 10. The van der Waals surface area contributed by atoms with Crippen LogP contribution < -0.4 is 49.4 Å². The average molecular weight is 430 g/mol. The average Bonchev–Trinajstić information content (AvgIpc) is 3.08. The van der Waals surface area contributed by atoms with E-state index in [1.54, 1.807) is 4.72 Å². The number of rotatable bonds is 4. The fraction of sp³-hybridized carbons (Fsp3) is 0.333. The Kier molecular flexibility index (Phi) is 7.62. The van der Waals surface area contributed by atoms with Gasteiger partial charge < -0.3 is 15.6 Å². The van der Waals surface area contributed by atoms with Crippen LogP contribution in [0.3, 0.4) is 0 Å². The Hall–Kier alpha value is -1.87. The molecule has 0 fully saturated rings. The summed E-state index contributed by atoms with van der Waals surface area (Å²) in [5.41, 5.74) is -0.914. The van der Waals surface area contributed by atoms with E-state index >= 15 is 0 Å². The third kappa shape index (κ3) is 4.70. The van der Waals surface area contributed by atoms with Gasteiger partial charge in [-0.3, -0.25) is 0 Å². The molecule has 12 nitrogen and oxygen atoms in total. The zero-order valence-electron chi connectivity index (χ0n) is 16.0. The maximum Gasteiger partial charge on any atom is 1.00 e. The van der Waals surface area contributed by atoms with Crippen molar-refractivity contribution in [2.45, 2.75) is 11.8 Å². The molecule has 2 aromatic rings. The number of aryl methyl sites for hydroxylation is 1. The van der Waals surface area contributed by atoms with Gasteiger partial charge in [0.2, 0.25) is 0 Å². The van der Waals surface area contributed by atoms with Crippen molar-refractivity contribution >= 4 is 33.5 Å². The standard InChI is InChI=1S/C12H14N4O8S2.Na.H/c1-6-8(7(5-25-6)24-12(19)23-4)26(20,21)14-9(17)16-11(18)15(2)10(13-16)22-3;;/h5H,1-4H3,(H,14,17);;/q;+1;-1. The maximum absolute atomic E-state index is 12.5. The van der Waals surface area contributed by atoms with Crippen molar-refractivity contribution in [2.75, 3.05) is 14.2 Å². The van der Waals surface area contributed by atoms with Crippen LogP contribution in [0.5, 0.6) is 11.8 Å². The molecule has 0 aliphatic heterocycles. The van der Waals surface area contributed by atoms with Crippen LogP contribution in [0.1, 0.15) is 6.30 Å². The number of aromatic nitrogens is 3. The van der Waals surface area contributed by atoms with E-state index in [9.17, 15) is 22.8 Å². The van der Waals surface area contributed by atoms with Gasteiger partial charge in [-0.25, -0.2) is 32.1 Å². The Bertz CT molecular complexity index is 1030. The molecule has 0 aliphatic carbocycles. The number of amides is 1. The Morgan fingerprint density at radius 2 is 1.96 bits per heavy atom. The number of sulfonamides is 1. The zero-order valence-corrected chi connectivity index (χ0v) is 18.6. The zero-order chi connectivity index (χ0) is 19.6. The van der Waals surface area contributed by atoms with Crippen LogP contribution in [0.15, 0.2) is 15.1 Å². The summed E-state index contributed by atoms with van der Waals surface area (Å²) in [6.07, 6.45) is -1.13. The Morgan fingerprint density at radius 1 is 1.33 bits per heavy atom. The number of thiophene rings is 1. The van der Waals surface area contributed by atoms with Crippen LogP contribution in [0, 0.1) is 6.92 Å². The molecule has 0 unspecified atom stereocenters. The molecule has 2 heterocycles. The van der Waals surface area contributed by atoms with Gasteiger partial charge in [0.25, 0.3) is 10.0 Å². The van der Waals surface area contributed by atoms with Gasteiger partial charge in [-0.2, -0.15) is 0 Å². The smallest absolute Gasteiger partial charge is 1.00 e. The summed E-state index contributed by atoms with van der Waals surface area (Å²) in [4.78, 5) is 35.1.